The zero-order valence-electron chi connectivity index (χ0n) is 18.4. The molecule has 6 heteroatoms. The Morgan fingerprint density at radius 3 is 2.64 bits per heavy atom. The molecular weight excluding hydrogens is 414 g/mol. The van der Waals surface area contributed by atoms with Crippen molar-refractivity contribution in [3.8, 4) is 11.1 Å². The van der Waals surface area contributed by atoms with E-state index in [-0.39, 0.29) is 25.0 Å². The van der Waals surface area contributed by atoms with Crippen molar-refractivity contribution < 1.29 is 14.3 Å². The van der Waals surface area contributed by atoms with E-state index in [9.17, 15) is 9.59 Å². The Labute approximate surface area is 193 Å². The Kier molecular flexibility index (Phi) is 6.95. The first-order chi connectivity index (χ1) is 16.1. The van der Waals surface area contributed by atoms with Crippen molar-refractivity contribution in [3.63, 3.8) is 0 Å². The first kappa shape index (κ1) is 22.4. The van der Waals surface area contributed by atoms with Gasteiger partial charge in [0.2, 0.25) is 0 Å². The lowest BCUT2D eigenvalue weighted by Crippen LogP contribution is -2.62. The van der Waals surface area contributed by atoms with Gasteiger partial charge in [0.05, 0.1) is 13.2 Å². The number of nitrogens with zero attached hydrogens (tertiary/aromatic N) is 2. The van der Waals surface area contributed by atoms with Crippen molar-refractivity contribution in [1.82, 2.24) is 15.2 Å². The van der Waals surface area contributed by atoms with Crippen LogP contribution >= 0.6 is 0 Å². The van der Waals surface area contributed by atoms with Crippen LogP contribution in [-0.4, -0.2) is 53.5 Å². The van der Waals surface area contributed by atoms with E-state index in [4.69, 9.17) is 4.74 Å². The number of aromatic nitrogens is 1. The van der Waals surface area contributed by atoms with Gasteiger partial charge in [0.25, 0.3) is 11.8 Å². The zero-order chi connectivity index (χ0) is 23.1. The summed E-state index contributed by atoms with van der Waals surface area (Å²) >= 11 is 0. The minimum Gasteiger partial charge on any atom is -0.361 e. The smallest absolute Gasteiger partial charge is 0.254 e. The third-order valence-electron chi connectivity index (χ3n) is 5.78. The number of hydrogen-bond acceptors (Lipinski definition) is 4. The minimum absolute atomic E-state index is 0.111. The number of benzene rings is 2. The van der Waals surface area contributed by atoms with Crippen LogP contribution in [0.3, 0.4) is 0 Å². The van der Waals surface area contributed by atoms with Crippen molar-refractivity contribution in [3.05, 3.63) is 103 Å². The van der Waals surface area contributed by atoms with E-state index in [2.05, 4.69) is 16.9 Å². The van der Waals surface area contributed by atoms with E-state index < -0.39 is 5.60 Å². The lowest BCUT2D eigenvalue weighted by molar-refractivity contribution is -0.157. The third-order valence-corrected chi connectivity index (χ3v) is 5.78. The summed E-state index contributed by atoms with van der Waals surface area (Å²) in [5, 5.41) is 2.89. The fraction of sp³-hybridized carbons (Fsp3) is 0.222. The highest BCUT2D eigenvalue weighted by atomic mass is 16.5. The maximum absolute atomic E-state index is 13.4. The molecule has 0 bridgehead atoms. The summed E-state index contributed by atoms with van der Waals surface area (Å²) in [6.45, 7) is 4.87. The molecule has 6 nitrogen and oxygen atoms in total. The molecule has 0 saturated carbocycles. The van der Waals surface area contributed by atoms with Gasteiger partial charge in [0, 0.05) is 43.0 Å². The van der Waals surface area contributed by atoms with Gasteiger partial charge in [-0.05, 0) is 29.3 Å². The molecule has 0 spiro atoms. The molecule has 33 heavy (non-hydrogen) atoms. The normalized spacial score (nSPS) is 17.9. The summed E-state index contributed by atoms with van der Waals surface area (Å²) in [6.07, 6.45) is 5.48. The van der Waals surface area contributed by atoms with Crippen molar-refractivity contribution in [2.24, 2.45) is 0 Å². The summed E-state index contributed by atoms with van der Waals surface area (Å²) in [5.41, 5.74) is 2.27. The van der Waals surface area contributed by atoms with Crippen LogP contribution in [-0.2, 0) is 16.0 Å². The van der Waals surface area contributed by atoms with Gasteiger partial charge in [0.1, 0.15) is 0 Å². The second-order valence-electron chi connectivity index (χ2n) is 8.01. The topological polar surface area (TPSA) is 71.5 Å². The predicted octanol–water partition coefficient (Wildman–Crippen LogP) is 3.50. The second-order valence-corrected chi connectivity index (χ2v) is 8.01. The van der Waals surface area contributed by atoms with Crippen LogP contribution in [0.4, 0.5) is 0 Å². The fourth-order valence-electron chi connectivity index (χ4n) is 4.16. The van der Waals surface area contributed by atoms with E-state index in [1.165, 1.54) is 0 Å². The first-order valence-corrected chi connectivity index (χ1v) is 11.0. The lowest BCUT2D eigenvalue weighted by atomic mass is 9.87. The van der Waals surface area contributed by atoms with Crippen LogP contribution in [0.1, 0.15) is 15.9 Å². The molecular formula is C27H27N3O3. The molecule has 0 radical (unpaired) electrons. The van der Waals surface area contributed by atoms with Crippen molar-refractivity contribution in [1.29, 1.82) is 0 Å². The monoisotopic (exact) mass is 441 g/mol. The van der Waals surface area contributed by atoms with E-state index in [0.29, 0.717) is 25.1 Å². The number of carbonyl (C=O) groups is 2. The Balaban J connectivity index is 1.68. The average molecular weight is 442 g/mol. The van der Waals surface area contributed by atoms with Crippen LogP contribution in [0.15, 0.2) is 91.8 Å². The van der Waals surface area contributed by atoms with Gasteiger partial charge in [-0.2, -0.15) is 0 Å². The molecule has 3 aromatic rings. The summed E-state index contributed by atoms with van der Waals surface area (Å²) < 4.78 is 6.18. The van der Waals surface area contributed by atoms with Crippen LogP contribution in [0, 0.1) is 0 Å². The van der Waals surface area contributed by atoms with Gasteiger partial charge in [-0.15, -0.1) is 6.58 Å². The third kappa shape index (κ3) is 5.02. The first-order valence-electron chi connectivity index (χ1n) is 11.0. The molecule has 168 valence electrons. The number of amides is 2. The van der Waals surface area contributed by atoms with Crippen LogP contribution in [0.25, 0.3) is 11.1 Å². The van der Waals surface area contributed by atoms with Crippen molar-refractivity contribution in [2.45, 2.75) is 12.0 Å². The molecule has 1 aliphatic rings. The van der Waals surface area contributed by atoms with Gasteiger partial charge in [-0.1, -0.05) is 54.6 Å². The largest absolute Gasteiger partial charge is 0.361 e. The number of rotatable bonds is 7. The second kappa shape index (κ2) is 10.2. The lowest BCUT2D eigenvalue weighted by Gasteiger charge is -2.42. The molecule has 1 atom stereocenters. The highest BCUT2D eigenvalue weighted by molar-refractivity contribution is 5.95. The van der Waals surface area contributed by atoms with Crippen molar-refractivity contribution in [2.75, 3.05) is 26.2 Å². The molecule has 1 aromatic heterocycles. The molecule has 4 rings (SSSR count). The highest BCUT2D eigenvalue weighted by Crippen LogP contribution is 2.30. The van der Waals surface area contributed by atoms with Gasteiger partial charge in [-0.3, -0.25) is 14.6 Å². The Morgan fingerprint density at radius 2 is 1.88 bits per heavy atom. The molecule has 2 amide bonds. The summed E-state index contributed by atoms with van der Waals surface area (Å²) in [6, 6.07) is 20.9. The maximum Gasteiger partial charge on any atom is 0.254 e. The molecule has 1 aliphatic heterocycles. The van der Waals surface area contributed by atoms with E-state index in [1.807, 2.05) is 54.6 Å². The molecule has 0 aliphatic carbocycles. The summed E-state index contributed by atoms with van der Waals surface area (Å²) in [4.78, 5) is 32.5. The Bertz CT molecular complexity index is 1120. The van der Waals surface area contributed by atoms with Gasteiger partial charge in [-0.25, -0.2) is 0 Å². The highest BCUT2D eigenvalue weighted by Gasteiger charge is 2.45. The van der Waals surface area contributed by atoms with E-state index in [0.717, 1.165) is 16.7 Å². The standard InChI is InChI=1S/C27H27N3O3/c1-2-14-29-26(32)27(18-22-11-6-7-13-24(22)23-12-8-15-28-19-23)20-30(16-17-33-27)25(31)21-9-4-3-5-10-21/h2-13,15,19H,1,14,16-18,20H2,(H,29,32)/t27-/m0/s1. The van der Waals surface area contributed by atoms with E-state index in [1.54, 1.807) is 35.5 Å². The van der Waals surface area contributed by atoms with E-state index >= 15 is 0 Å². The van der Waals surface area contributed by atoms with Gasteiger partial charge in [0.15, 0.2) is 5.60 Å². The van der Waals surface area contributed by atoms with Crippen LogP contribution < -0.4 is 5.32 Å². The molecule has 1 fully saturated rings. The Hall–Kier alpha value is -3.77. The van der Waals surface area contributed by atoms with Crippen molar-refractivity contribution >= 4 is 11.8 Å². The summed E-state index contributed by atoms with van der Waals surface area (Å²) in [5.74, 6) is -0.366. The summed E-state index contributed by atoms with van der Waals surface area (Å²) in [7, 11) is 0. The number of morpholine rings is 1. The number of pyridine rings is 1. The average Bonchev–Trinajstić information content (AvgIpc) is 2.88. The molecule has 1 saturated heterocycles. The van der Waals surface area contributed by atoms with Crippen LogP contribution in [0.2, 0.25) is 0 Å². The zero-order valence-corrected chi connectivity index (χ0v) is 18.4. The maximum atomic E-state index is 13.4. The molecule has 2 heterocycles. The Morgan fingerprint density at radius 1 is 1.09 bits per heavy atom. The molecule has 1 N–H and O–H groups in total. The number of nitrogens with one attached hydrogen (secondary N) is 1. The fourth-order valence-corrected chi connectivity index (χ4v) is 4.16. The SMILES string of the molecule is C=CCNC(=O)[C@]1(Cc2ccccc2-c2cccnc2)CN(C(=O)c2ccccc2)CCO1. The minimum atomic E-state index is -1.22. The van der Waals surface area contributed by atoms with Crippen LogP contribution in [0.5, 0.6) is 0 Å². The van der Waals surface area contributed by atoms with Gasteiger partial charge < -0.3 is 15.0 Å². The van der Waals surface area contributed by atoms with Gasteiger partial charge >= 0.3 is 0 Å². The molecule has 2 aromatic carbocycles. The quantitative estimate of drug-likeness (QED) is 0.570. The number of hydrogen-bond donors (Lipinski definition) is 1. The number of carbonyl (C=O) groups excluding carboxylic acids is 2. The molecule has 0 unspecified atom stereocenters. The predicted molar refractivity (Wildman–Crippen MR) is 128 cm³/mol. The number of ether oxygens (including phenoxy) is 1.